The average Bonchev–Trinajstić information content (AvgIpc) is 2.89. The van der Waals surface area contributed by atoms with Crippen molar-refractivity contribution >= 4 is 11.3 Å². The Morgan fingerprint density at radius 3 is 2.78 bits per heavy atom. The van der Waals surface area contributed by atoms with Crippen molar-refractivity contribution in [3.63, 3.8) is 0 Å². The molecule has 0 aliphatic rings. The molecule has 1 aromatic carbocycles. The molecule has 1 atom stereocenters. The third kappa shape index (κ3) is 3.12. The van der Waals surface area contributed by atoms with E-state index in [0.29, 0.717) is 12.6 Å². The maximum Gasteiger partial charge on any atom is 0.122 e. The van der Waals surface area contributed by atoms with Gasteiger partial charge in [-0.2, -0.15) is 11.3 Å². The molecular formula is C15H19NOS. The Morgan fingerprint density at radius 2 is 2.17 bits per heavy atom. The number of rotatable bonds is 5. The molecule has 2 rings (SSSR count). The Balaban J connectivity index is 2.05. The summed E-state index contributed by atoms with van der Waals surface area (Å²) in [5.74, 6) is 0.966. The molecule has 0 amide bonds. The van der Waals surface area contributed by atoms with Crippen LogP contribution in [0.3, 0.4) is 0 Å². The van der Waals surface area contributed by atoms with Gasteiger partial charge in [-0.3, -0.25) is 0 Å². The molecule has 0 fully saturated rings. The van der Waals surface area contributed by atoms with Gasteiger partial charge in [-0.25, -0.2) is 0 Å². The first-order valence-electron chi connectivity index (χ1n) is 6.12. The summed E-state index contributed by atoms with van der Waals surface area (Å²) in [5.41, 5.74) is 3.70. The maximum atomic E-state index is 5.84. The first kappa shape index (κ1) is 13.1. The van der Waals surface area contributed by atoms with Crippen molar-refractivity contribution in [2.24, 2.45) is 0 Å². The van der Waals surface area contributed by atoms with E-state index >= 15 is 0 Å². The fraction of sp³-hybridized carbons (Fsp3) is 0.333. The molecule has 0 aliphatic carbocycles. The summed E-state index contributed by atoms with van der Waals surface area (Å²) < 4.78 is 5.84. The summed E-state index contributed by atoms with van der Waals surface area (Å²) in [4.78, 5) is 0. The minimum atomic E-state index is 0.370. The van der Waals surface area contributed by atoms with E-state index in [1.807, 2.05) is 7.05 Å². The molecular weight excluding hydrogens is 242 g/mol. The Bertz CT molecular complexity index is 493. The van der Waals surface area contributed by atoms with E-state index < -0.39 is 0 Å². The van der Waals surface area contributed by atoms with Crippen LogP contribution in [0.5, 0.6) is 5.75 Å². The van der Waals surface area contributed by atoms with Gasteiger partial charge in [0.25, 0.3) is 0 Å². The summed E-state index contributed by atoms with van der Waals surface area (Å²) in [7, 11) is 1.97. The van der Waals surface area contributed by atoms with Gasteiger partial charge in [0.2, 0.25) is 0 Å². The van der Waals surface area contributed by atoms with Gasteiger partial charge in [0.15, 0.2) is 0 Å². The average molecular weight is 261 g/mol. The van der Waals surface area contributed by atoms with E-state index in [1.165, 1.54) is 16.7 Å². The zero-order chi connectivity index (χ0) is 13.0. The van der Waals surface area contributed by atoms with Crippen LogP contribution in [0.4, 0.5) is 0 Å². The molecule has 96 valence electrons. The number of hydrogen-bond acceptors (Lipinski definition) is 3. The van der Waals surface area contributed by atoms with E-state index in [1.54, 1.807) is 11.3 Å². The van der Waals surface area contributed by atoms with Crippen molar-refractivity contribution in [3.05, 3.63) is 51.7 Å². The van der Waals surface area contributed by atoms with Gasteiger partial charge in [-0.1, -0.05) is 12.1 Å². The number of thiophene rings is 1. The smallest absolute Gasteiger partial charge is 0.122 e. The van der Waals surface area contributed by atoms with Crippen LogP contribution in [-0.4, -0.2) is 7.05 Å². The third-order valence-electron chi connectivity index (χ3n) is 3.11. The van der Waals surface area contributed by atoms with E-state index in [2.05, 4.69) is 54.2 Å². The second-order valence-corrected chi connectivity index (χ2v) is 5.24. The van der Waals surface area contributed by atoms with Gasteiger partial charge in [0.05, 0.1) is 0 Å². The highest BCUT2D eigenvalue weighted by atomic mass is 32.1. The van der Waals surface area contributed by atoms with Gasteiger partial charge in [0.1, 0.15) is 12.4 Å². The normalized spacial score (nSPS) is 12.4. The lowest BCUT2D eigenvalue weighted by molar-refractivity contribution is 0.304. The Labute approximate surface area is 113 Å². The summed E-state index contributed by atoms with van der Waals surface area (Å²) in [6, 6.07) is 8.83. The molecule has 0 bridgehead atoms. The third-order valence-corrected chi connectivity index (χ3v) is 3.84. The van der Waals surface area contributed by atoms with Gasteiger partial charge in [-0.15, -0.1) is 0 Å². The van der Waals surface area contributed by atoms with Crippen LogP contribution in [0, 0.1) is 6.92 Å². The molecule has 18 heavy (non-hydrogen) atoms. The van der Waals surface area contributed by atoms with Gasteiger partial charge in [-0.05, 0) is 60.5 Å². The quantitative estimate of drug-likeness (QED) is 0.881. The number of hydrogen-bond donors (Lipinski definition) is 1. The lowest BCUT2D eigenvalue weighted by Gasteiger charge is -2.14. The molecule has 0 radical (unpaired) electrons. The molecule has 1 N–H and O–H groups in total. The van der Waals surface area contributed by atoms with E-state index in [9.17, 15) is 0 Å². The van der Waals surface area contributed by atoms with Crippen LogP contribution in [0.2, 0.25) is 0 Å². The first-order chi connectivity index (χ1) is 8.70. The van der Waals surface area contributed by atoms with Crippen molar-refractivity contribution in [2.75, 3.05) is 7.05 Å². The van der Waals surface area contributed by atoms with E-state index in [4.69, 9.17) is 4.74 Å². The lowest BCUT2D eigenvalue weighted by Crippen LogP contribution is -2.12. The summed E-state index contributed by atoms with van der Waals surface area (Å²) >= 11 is 1.70. The second-order valence-electron chi connectivity index (χ2n) is 4.46. The predicted octanol–water partition coefficient (Wildman–Crippen LogP) is 3.92. The molecule has 1 heterocycles. The van der Waals surface area contributed by atoms with Crippen LogP contribution in [0.15, 0.2) is 35.0 Å². The lowest BCUT2D eigenvalue weighted by atomic mass is 10.1. The molecule has 0 saturated heterocycles. The zero-order valence-electron chi connectivity index (χ0n) is 11.1. The highest BCUT2D eigenvalue weighted by Gasteiger charge is 2.06. The van der Waals surface area contributed by atoms with Crippen LogP contribution in [-0.2, 0) is 6.61 Å². The van der Waals surface area contributed by atoms with E-state index in [0.717, 1.165) is 5.75 Å². The highest BCUT2D eigenvalue weighted by molar-refractivity contribution is 7.07. The Hall–Kier alpha value is -1.32. The van der Waals surface area contributed by atoms with E-state index in [-0.39, 0.29) is 0 Å². The number of aryl methyl sites for hydroxylation is 1. The number of ether oxygens (including phenoxy) is 1. The monoisotopic (exact) mass is 261 g/mol. The SMILES string of the molecule is CNC(C)c1ccc(OCc2ccsc2)c(C)c1. The Kier molecular flexibility index (Phi) is 4.39. The molecule has 3 heteroatoms. The highest BCUT2D eigenvalue weighted by Crippen LogP contribution is 2.23. The van der Waals surface area contributed by atoms with Crippen LogP contribution in [0.1, 0.15) is 29.7 Å². The van der Waals surface area contributed by atoms with Crippen molar-refractivity contribution in [2.45, 2.75) is 26.5 Å². The molecule has 1 unspecified atom stereocenters. The Morgan fingerprint density at radius 1 is 1.33 bits per heavy atom. The molecule has 1 aromatic heterocycles. The fourth-order valence-electron chi connectivity index (χ4n) is 1.81. The van der Waals surface area contributed by atoms with Gasteiger partial charge >= 0.3 is 0 Å². The van der Waals surface area contributed by atoms with Gasteiger partial charge in [0, 0.05) is 6.04 Å². The maximum absolute atomic E-state index is 5.84. The number of nitrogens with one attached hydrogen (secondary N) is 1. The van der Waals surface area contributed by atoms with Crippen LogP contribution >= 0.6 is 11.3 Å². The summed E-state index contributed by atoms with van der Waals surface area (Å²) in [5, 5.41) is 7.43. The van der Waals surface area contributed by atoms with Crippen molar-refractivity contribution < 1.29 is 4.74 Å². The first-order valence-corrected chi connectivity index (χ1v) is 7.06. The molecule has 0 spiro atoms. The van der Waals surface area contributed by atoms with Gasteiger partial charge < -0.3 is 10.1 Å². The van der Waals surface area contributed by atoms with Crippen molar-refractivity contribution in [3.8, 4) is 5.75 Å². The van der Waals surface area contributed by atoms with Crippen molar-refractivity contribution in [1.29, 1.82) is 0 Å². The summed E-state index contributed by atoms with van der Waals surface area (Å²) in [6.07, 6.45) is 0. The summed E-state index contributed by atoms with van der Waals surface area (Å²) in [6.45, 7) is 4.89. The second kappa shape index (κ2) is 6.03. The largest absolute Gasteiger partial charge is 0.489 e. The molecule has 0 saturated carbocycles. The molecule has 2 aromatic rings. The number of benzene rings is 1. The minimum absolute atomic E-state index is 0.370. The van der Waals surface area contributed by atoms with Crippen LogP contribution in [0.25, 0.3) is 0 Å². The van der Waals surface area contributed by atoms with Crippen molar-refractivity contribution in [1.82, 2.24) is 5.32 Å². The minimum Gasteiger partial charge on any atom is -0.489 e. The zero-order valence-corrected chi connectivity index (χ0v) is 11.9. The predicted molar refractivity (Wildman–Crippen MR) is 77.3 cm³/mol. The standard InChI is InChI=1S/C15H19NOS/c1-11-8-14(12(2)16-3)4-5-15(11)17-9-13-6-7-18-10-13/h4-8,10,12,16H,9H2,1-3H3. The topological polar surface area (TPSA) is 21.3 Å². The molecule has 0 aliphatic heterocycles. The molecule has 2 nitrogen and oxygen atoms in total. The van der Waals surface area contributed by atoms with Crippen LogP contribution < -0.4 is 10.1 Å². The fourth-order valence-corrected chi connectivity index (χ4v) is 2.46.